The average Bonchev–Trinajstić information content (AvgIpc) is 3.34. The number of amides is 3. The largest absolute Gasteiger partial charge is 0.480 e. The first-order chi connectivity index (χ1) is 18.5. The van der Waals surface area contributed by atoms with Gasteiger partial charge in [-0.05, 0) is 53.3 Å². The number of alkyl halides is 6. The number of carbonyl (C=O) groups excluding carboxylic acids is 3. The van der Waals surface area contributed by atoms with Crippen molar-refractivity contribution in [3.05, 3.63) is 50.1 Å². The Kier molecular flexibility index (Phi) is 9.31. The van der Waals surface area contributed by atoms with Crippen LogP contribution in [0.25, 0.3) is 17.2 Å². The zero-order valence-corrected chi connectivity index (χ0v) is 22.5. The zero-order valence-electron chi connectivity index (χ0n) is 20.0. The minimum absolute atomic E-state index is 0.00357. The third-order valence-corrected chi connectivity index (χ3v) is 7.71. The SMILES string of the molecule is Cc1c(-c2cc(C(F)(F)F)cc(C(F)(F)F)c2)csc1/C=C1\SC(=S)N(CC(=O)NCC(=O)NCC(=O)O)C1=O. The van der Waals surface area contributed by atoms with Gasteiger partial charge in [-0.2, -0.15) is 26.3 Å². The monoisotopic (exact) mass is 625 g/mol. The van der Waals surface area contributed by atoms with Gasteiger partial charge in [0.25, 0.3) is 5.91 Å². The number of thioether (sulfide) groups is 1. The number of carbonyl (C=O) groups is 4. The van der Waals surface area contributed by atoms with Crippen molar-refractivity contribution >= 4 is 69.4 Å². The number of carboxylic acids is 1. The van der Waals surface area contributed by atoms with Crippen molar-refractivity contribution < 1.29 is 50.6 Å². The van der Waals surface area contributed by atoms with Crippen LogP contribution in [0.3, 0.4) is 0 Å². The summed E-state index contributed by atoms with van der Waals surface area (Å²) in [6.45, 7) is -0.253. The van der Waals surface area contributed by atoms with Crippen molar-refractivity contribution in [1.82, 2.24) is 15.5 Å². The lowest BCUT2D eigenvalue weighted by Gasteiger charge is -2.14. The van der Waals surface area contributed by atoms with Crippen LogP contribution in [0.4, 0.5) is 26.3 Å². The van der Waals surface area contributed by atoms with Crippen molar-refractivity contribution in [3.8, 4) is 11.1 Å². The topological polar surface area (TPSA) is 116 Å². The molecule has 8 nitrogen and oxygen atoms in total. The van der Waals surface area contributed by atoms with Crippen LogP contribution in [0, 0.1) is 6.92 Å². The van der Waals surface area contributed by atoms with Crippen LogP contribution in [0.1, 0.15) is 21.6 Å². The van der Waals surface area contributed by atoms with E-state index in [1.54, 1.807) is 0 Å². The van der Waals surface area contributed by atoms with Crippen molar-refractivity contribution in [2.75, 3.05) is 19.6 Å². The molecule has 2 aromatic rings. The molecule has 3 N–H and O–H groups in total. The summed E-state index contributed by atoms with van der Waals surface area (Å²) in [4.78, 5) is 48.4. The second-order valence-electron chi connectivity index (χ2n) is 8.15. The number of halogens is 6. The first kappa shape index (κ1) is 31.1. The van der Waals surface area contributed by atoms with E-state index in [2.05, 4.69) is 5.32 Å². The fourth-order valence-electron chi connectivity index (χ4n) is 3.34. The summed E-state index contributed by atoms with van der Waals surface area (Å²) in [5.41, 5.74) is -2.77. The van der Waals surface area contributed by atoms with E-state index in [9.17, 15) is 45.5 Å². The predicted molar refractivity (Wildman–Crippen MR) is 138 cm³/mol. The molecule has 214 valence electrons. The highest BCUT2D eigenvalue weighted by molar-refractivity contribution is 8.26. The number of benzene rings is 1. The van der Waals surface area contributed by atoms with Crippen LogP contribution >= 0.6 is 35.3 Å². The summed E-state index contributed by atoms with van der Waals surface area (Å²) in [6.07, 6.45) is -8.64. The number of hydrogen-bond acceptors (Lipinski definition) is 7. The Morgan fingerprint density at radius 3 is 2.12 bits per heavy atom. The molecule has 1 fully saturated rings. The van der Waals surface area contributed by atoms with E-state index in [-0.39, 0.29) is 26.4 Å². The predicted octanol–water partition coefficient (Wildman–Crippen LogP) is 4.28. The van der Waals surface area contributed by atoms with Gasteiger partial charge in [0, 0.05) is 4.88 Å². The molecule has 40 heavy (non-hydrogen) atoms. The molecular formula is C23H17F6N3O5S3. The van der Waals surface area contributed by atoms with Gasteiger partial charge < -0.3 is 15.7 Å². The molecule has 1 aliphatic rings. The second kappa shape index (κ2) is 12.0. The fourth-order valence-corrected chi connectivity index (χ4v) is 5.68. The molecule has 3 amide bonds. The number of aliphatic carboxylic acids is 1. The van der Waals surface area contributed by atoms with Gasteiger partial charge in [-0.15, -0.1) is 11.3 Å². The Bertz CT molecular complexity index is 1390. The van der Waals surface area contributed by atoms with Crippen molar-refractivity contribution in [3.63, 3.8) is 0 Å². The molecule has 0 aliphatic carbocycles. The van der Waals surface area contributed by atoms with Crippen LogP contribution in [0.5, 0.6) is 0 Å². The summed E-state index contributed by atoms with van der Waals surface area (Å²) >= 11 is 6.96. The lowest BCUT2D eigenvalue weighted by atomic mass is 9.98. The van der Waals surface area contributed by atoms with E-state index in [1.807, 2.05) is 5.32 Å². The second-order valence-corrected chi connectivity index (χ2v) is 10.7. The van der Waals surface area contributed by atoms with Crippen LogP contribution in [0.15, 0.2) is 28.5 Å². The molecule has 1 aromatic carbocycles. The van der Waals surface area contributed by atoms with Crippen LogP contribution < -0.4 is 10.6 Å². The molecule has 0 saturated carbocycles. The van der Waals surface area contributed by atoms with Gasteiger partial charge in [0.05, 0.1) is 22.6 Å². The van der Waals surface area contributed by atoms with Crippen LogP contribution in [-0.4, -0.2) is 57.7 Å². The lowest BCUT2D eigenvalue weighted by molar-refractivity contribution is -0.143. The maximum absolute atomic E-state index is 13.3. The van der Waals surface area contributed by atoms with E-state index < -0.39 is 66.8 Å². The number of nitrogens with one attached hydrogen (secondary N) is 2. The molecule has 0 radical (unpaired) electrons. The number of hydrogen-bond donors (Lipinski definition) is 3. The van der Waals surface area contributed by atoms with Crippen molar-refractivity contribution in [1.29, 1.82) is 0 Å². The molecule has 0 spiro atoms. The smallest absolute Gasteiger partial charge is 0.416 e. The highest BCUT2D eigenvalue weighted by atomic mass is 32.2. The Labute approximate surface area is 235 Å². The Morgan fingerprint density at radius 2 is 1.57 bits per heavy atom. The van der Waals surface area contributed by atoms with E-state index in [0.29, 0.717) is 22.6 Å². The minimum Gasteiger partial charge on any atom is -0.480 e. The highest BCUT2D eigenvalue weighted by Gasteiger charge is 2.37. The maximum atomic E-state index is 13.3. The summed E-state index contributed by atoms with van der Waals surface area (Å²) in [7, 11) is 0. The lowest BCUT2D eigenvalue weighted by Crippen LogP contribution is -2.44. The molecule has 0 unspecified atom stereocenters. The van der Waals surface area contributed by atoms with Gasteiger partial charge in [-0.1, -0.05) is 24.0 Å². The third-order valence-electron chi connectivity index (χ3n) is 5.30. The van der Waals surface area contributed by atoms with Crippen molar-refractivity contribution in [2.24, 2.45) is 0 Å². The summed E-state index contributed by atoms with van der Waals surface area (Å²) in [5.74, 6) is -3.48. The van der Waals surface area contributed by atoms with Crippen LogP contribution in [0.2, 0.25) is 0 Å². The van der Waals surface area contributed by atoms with E-state index in [0.717, 1.165) is 28.0 Å². The Hall–Kier alpha value is -3.44. The van der Waals surface area contributed by atoms with E-state index in [1.165, 1.54) is 18.4 Å². The number of carboxylic acid groups (broad SMARTS) is 1. The number of thiocarbonyl (C=S) groups is 1. The molecule has 1 aliphatic heterocycles. The molecule has 0 atom stereocenters. The fraction of sp³-hybridized carbons (Fsp3) is 0.261. The zero-order chi connectivity index (χ0) is 30.0. The van der Waals surface area contributed by atoms with E-state index >= 15 is 0 Å². The minimum atomic E-state index is -5.01. The van der Waals surface area contributed by atoms with Gasteiger partial charge in [0.2, 0.25) is 11.8 Å². The molecule has 2 heterocycles. The van der Waals surface area contributed by atoms with Gasteiger partial charge >= 0.3 is 18.3 Å². The summed E-state index contributed by atoms with van der Waals surface area (Å²) < 4.78 is 79.7. The van der Waals surface area contributed by atoms with E-state index in [4.69, 9.17) is 17.3 Å². The van der Waals surface area contributed by atoms with Gasteiger partial charge in [-0.25, -0.2) is 0 Å². The number of nitrogens with zero attached hydrogens (tertiary/aromatic N) is 1. The molecule has 3 rings (SSSR count). The normalized spacial score (nSPS) is 15.1. The quantitative estimate of drug-likeness (QED) is 0.228. The summed E-state index contributed by atoms with van der Waals surface area (Å²) in [5, 5.41) is 14.2. The molecular weight excluding hydrogens is 608 g/mol. The Morgan fingerprint density at radius 1 is 1.00 bits per heavy atom. The molecule has 1 saturated heterocycles. The van der Waals surface area contributed by atoms with Crippen molar-refractivity contribution in [2.45, 2.75) is 19.3 Å². The molecule has 1 aromatic heterocycles. The van der Waals surface area contributed by atoms with Crippen LogP contribution in [-0.2, 0) is 31.5 Å². The van der Waals surface area contributed by atoms with Gasteiger partial charge in [-0.3, -0.25) is 24.1 Å². The average molecular weight is 626 g/mol. The summed E-state index contributed by atoms with van der Waals surface area (Å²) in [6, 6.07) is 1.28. The first-order valence-corrected chi connectivity index (χ1v) is 13.0. The third kappa shape index (κ3) is 7.60. The van der Waals surface area contributed by atoms with Gasteiger partial charge in [0.1, 0.15) is 17.4 Å². The first-order valence-electron chi connectivity index (χ1n) is 10.9. The number of thiophene rings is 1. The number of rotatable bonds is 8. The molecule has 0 bridgehead atoms. The molecule has 17 heteroatoms. The Balaban J connectivity index is 1.79. The standard InChI is InChI=1S/C23H17F6N3O5S3/c1-10-14(11-2-12(22(24,25)26)4-13(3-11)23(27,28)29)9-39-15(10)5-16-20(37)32(21(38)40-16)8-18(34)30-6-17(33)31-7-19(35)36/h2-5,9H,6-8H2,1H3,(H,30,34)(H,31,33)(H,35,36)/b16-5-. The maximum Gasteiger partial charge on any atom is 0.416 e. The van der Waals surface area contributed by atoms with Gasteiger partial charge in [0.15, 0.2) is 0 Å². The highest BCUT2D eigenvalue weighted by Crippen LogP contribution is 2.42.